The van der Waals surface area contributed by atoms with Gasteiger partial charge in [0.15, 0.2) is 5.78 Å². The van der Waals surface area contributed by atoms with Crippen molar-refractivity contribution in [2.75, 3.05) is 4.90 Å². The van der Waals surface area contributed by atoms with Crippen LogP contribution < -0.4 is 15.4 Å². The highest BCUT2D eigenvalue weighted by Crippen LogP contribution is 2.47. The minimum atomic E-state index is -0.700. The minimum absolute atomic E-state index is 0.0837. The van der Waals surface area contributed by atoms with Crippen LogP contribution in [-0.4, -0.2) is 5.78 Å². The number of ether oxygens (including phenoxy) is 1. The summed E-state index contributed by atoms with van der Waals surface area (Å²) in [4.78, 5) is 15.0. The van der Waals surface area contributed by atoms with Crippen LogP contribution in [0, 0.1) is 36.8 Å². The number of halogens is 3. The van der Waals surface area contributed by atoms with Crippen molar-refractivity contribution >= 4 is 23.1 Å². The van der Waals surface area contributed by atoms with Gasteiger partial charge in [0.2, 0.25) is 0 Å². The number of rotatable bonds is 5. The van der Waals surface area contributed by atoms with E-state index >= 15 is 0 Å². The Kier molecular flexibility index (Phi) is 7.16. The molecule has 2 N–H and O–H groups in total. The maximum absolute atomic E-state index is 14.9. The topological polar surface area (TPSA) is 79.3 Å². The van der Waals surface area contributed by atoms with Gasteiger partial charge in [0, 0.05) is 17.7 Å². The lowest BCUT2D eigenvalue weighted by atomic mass is 9.73. The lowest BCUT2D eigenvalue weighted by Gasteiger charge is -2.40. The zero-order valence-electron chi connectivity index (χ0n) is 21.5. The van der Waals surface area contributed by atoms with Crippen LogP contribution in [0.3, 0.4) is 0 Å². The summed E-state index contributed by atoms with van der Waals surface area (Å²) in [6, 6.07) is 16.3. The van der Waals surface area contributed by atoms with Gasteiger partial charge in [0.25, 0.3) is 0 Å². The standard InChI is InChI=1S/C31H26ClF2N3O2/c1-17-12-19(16-39-28-11-10-20(33)14-23(28)32)18(2)21(13-17)29-22(15-35)31(36)37(25-7-4-3-6-24(25)34)26-8-5-9-27(38)30(26)29/h3-4,6-7,10-14,29H,5,8-9,16,36H2,1-2H3. The summed E-state index contributed by atoms with van der Waals surface area (Å²) in [7, 11) is 0. The van der Waals surface area contributed by atoms with Crippen LogP contribution >= 0.6 is 11.6 Å². The molecule has 8 heteroatoms. The molecule has 39 heavy (non-hydrogen) atoms. The third-order valence-electron chi connectivity index (χ3n) is 7.29. The SMILES string of the molecule is Cc1cc(COc2ccc(F)cc2Cl)c(C)c(C2C(C#N)=C(N)N(c3ccccc3F)C3=C2C(=O)CCC3)c1. The number of nitriles is 1. The minimum Gasteiger partial charge on any atom is -0.487 e. The summed E-state index contributed by atoms with van der Waals surface area (Å²) in [6.45, 7) is 3.96. The molecule has 0 amide bonds. The fourth-order valence-electron chi connectivity index (χ4n) is 5.47. The molecule has 1 unspecified atom stereocenters. The number of ketones is 1. The second-order valence-electron chi connectivity index (χ2n) is 9.77. The fraction of sp³-hybridized carbons (Fsp3) is 0.226. The Labute approximate surface area is 230 Å². The third-order valence-corrected chi connectivity index (χ3v) is 7.59. The molecule has 198 valence electrons. The number of benzene rings is 3. The molecule has 0 fully saturated rings. The second-order valence-corrected chi connectivity index (χ2v) is 10.2. The molecule has 1 atom stereocenters. The first-order valence-corrected chi connectivity index (χ1v) is 13.0. The van der Waals surface area contributed by atoms with Gasteiger partial charge in [-0.2, -0.15) is 5.26 Å². The molecule has 1 aliphatic carbocycles. The molecule has 0 saturated heterocycles. The van der Waals surface area contributed by atoms with E-state index in [-0.39, 0.29) is 34.5 Å². The molecule has 0 bridgehead atoms. The molecule has 0 radical (unpaired) electrons. The van der Waals surface area contributed by atoms with Crippen molar-refractivity contribution in [3.8, 4) is 11.8 Å². The van der Waals surface area contributed by atoms with Gasteiger partial charge >= 0.3 is 0 Å². The fourth-order valence-corrected chi connectivity index (χ4v) is 5.69. The number of para-hydroxylation sites is 1. The van der Waals surface area contributed by atoms with Crippen molar-refractivity contribution in [2.24, 2.45) is 5.73 Å². The third kappa shape index (κ3) is 4.77. The first-order chi connectivity index (χ1) is 18.7. The normalized spacial score (nSPS) is 17.3. The lowest BCUT2D eigenvalue weighted by Crippen LogP contribution is -2.39. The van der Waals surface area contributed by atoms with Crippen LogP contribution in [0.5, 0.6) is 5.75 Å². The second kappa shape index (κ2) is 10.5. The number of aryl methyl sites for hydroxylation is 1. The Morgan fingerprint density at radius 1 is 1.13 bits per heavy atom. The van der Waals surface area contributed by atoms with Crippen LogP contribution in [0.1, 0.15) is 47.4 Å². The van der Waals surface area contributed by atoms with Gasteiger partial charge in [0.05, 0.1) is 28.3 Å². The molecule has 0 saturated carbocycles. The molecular weight excluding hydrogens is 520 g/mol. The van der Waals surface area contributed by atoms with E-state index in [1.807, 2.05) is 26.0 Å². The van der Waals surface area contributed by atoms with Gasteiger partial charge in [-0.15, -0.1) is 0 Å². The van der Waals surface area contributed by atoms with Crippen molar-refractivity contribution in [3.63, 3.8) is 0 Å². The maximum Gasteiger partial charge on any atom is 0.161 e. The van der Waals surface area contributed by atoms with E-state index in [9.17, 15) is 18.8 Å². The average Bonchev–Trinajstić information content (AvgIpc) is 2.90. The zero-order chi connectivity index (χ0) is 27.8. The van der Waals surface area contributed by atoms with Gasteiger partial charge < -0.3 is 10.5 Å². The van der Waals surface area contributed by atoms with Gasteiger partial charge in [0.1, 0.15) is 29.8 Å². The Bertz CT molecular complexity index is 1610. The summed E-state index contributed by atoms with van der Waals surface area (Å²) in [5, 5.41) is 10.5. The predicted octanol–water partition coefficient (Wildman–Crippen LogP) is 7.12. The van der Waals surface area contributed by atoms with Crippen molar-refractivity contribution < 1.29 is 18.3 Å². The Balaban J connectivity index is 1.64. The molecular formula is C31H26ClF2N3O2. The molecule has 5 rings (SSSR count). The highest BCUT2D eigenvalue weighted by Gasteiger charge is 2.41. The molecule has 0 spiro atoms. The maximum atomic E-state index is 14.9. The van der Waals surface area contributed by atoms with Crippen LogP contribution in [0.4, 0.5) is 14.5 Å². The van der Waals surface area contributed by atoms with Crippen molar-refractivity contribution in [1.82, 2.24) is 0 Å². The lowest BCUT2D eigenvalue weighted by molar-refractivity contribution is -0.116. The average molecular weight is 546 g/mol. The van der Waals surface area contributed by atoms with E-state index in [2.05, 4.69) is 6.07 Å². The number of nitrogens with zero attached hydrogens (tertiary/aromatic N) is 2. The number of hydrogen-bond acceptors (Lipinski definition) is 5. The molecule has 3 aromatic carbocycles. The van der Waals surface area contributed by atoms with Crippen molar-refractivity contribution in [1.29, 1.82) is 5.26 Å². The Morgan fingerprint density at radius 3 is 2.62 bits per heavy atom. The van der Waals surface area contributed by atoms with Crippen LogP contribution in [-0.2, 0) is 11.4 Å². The molecule has 0 aromatic heterocycles. The van der Waals surface area contributed by atoms with E-state index in [0.717, 1.165) is 22.3 Å². The van der Waals surface area contributed by atoms with E-state index in [0.29, 0.717) is 36.3 Å². The highest BCUT2D eigenvalue weighted by atomic mass is 35.5. The number of anilines is 1. The summed E-state index contributed by atoms with van der Waals surface area (Å²) in [6.07, 6.45) is 1.47. The first-order valence-electron chi connectivity index (χ1n) is 12.6. The van der Waals surface area contributed by atoms with Crippen molar-refractivity contribution in [3.05, 3.63) is 116 Å². The quantitative estimate of drug-likeness (QED) is 0.369. The number of Topliss-reactive ketones (excluding diaryl/α,β-unsaturated/α-hetero) is 1. The summed E-state index contributed by atoms with van der Waals surface area (Å²) < 4.78 is 34.3. The first kappa shape index (κ1) is 26.5. The zero-order valence-corrected chi connectivity index (χ0v) is 22.3. The number of carbonyl (C=O) groups is 1. The smallest absolute Gasteiger partial charge is 0.161 e. The molecule has 3 aromatic rings. The van der Waals surface area contributed by atoms with Gasteiger partial charge in [-0.3, -0.25) is 9.69 Å². The molecule has 5 nitrogen and oxygen atoms in total. The monoisotopic (exact) mass is 545 g/mol. The number of carbonyl (C=O) groups excluding carboxylic acids is 1. The number of allylic oxidation sites excluding steroid dienone is 3. The van der Waals surface area contributed by atoms with E-state index in [1.54, 1.807) is 18.2 Å². The largest absolute Gasteiger partial charge is 0.487 e. The Morgan fingerprint density at radius 2 is 1.90 bits per heavy atom. The molecule has 1 aliphatic heterocycles. The van der Waals surface area contributed by atoms with E-state index in [4.69, 9.17) is 22.1 Å². The summed E-state index contributed by atoms with van der Waals surface area (Å²) >= 11 is 6.15. The molecule has 2 aliphatic rings. The van der Waals surface area contributed by atoms with Gasteiger partial charge in [-0.05, 0) is 73.7 Å². The predicted molar refractivity (Wildman–Crippen MR) is 146 cm³/mol. The van der Waals surface area contributed by atoms with Gasteiger partial charge in [-0.25, -0.2) is 8.78 Å². The highest BCUT2D eigenvalue weighted by molar-refractivity contribution is 6.32. The van der Waals surface area contributed by atoms with Crippen molar-refractivity contribution in [2.45, 2.75) is 45.6 Å². The Hall–Kier alpha value is -4.15. The summed E-state index contributed by atoms with van der Waals surface area (Å²) in [5.41, 5.74) is 11.4. The van der Waals surface area contributed by atoms with E-state index < -0.39 is 17.6 Å². The van der Waals surface area contributed by atoms with Crippen LogP contribution in [0.15, 0.2) is 77.3 Å². The van der Waals surface area contributed by atoms with Gasteiger partial charge in [-0.1, -0.05) is 41.4 Å². The van der Waals surface area contributed by atoms with E-state index in [1.165, 1.54) is 29.2 Å². The van der Waals surface area contributed by atoms with Crippen LogP contribution in [0.25, 0.3) is 0 Å². The number of hydrogen-bond donors (Lipinski definition) is 1. The number of nitrogens with two attached hydrogens (primary N) is 1. The van der Waals surface area contributed by atoms with Crippen LogP contribution in [0.2, 0.25) is 5.02 Å². The molecule has 1 heterocycles. The summed E-state index contributed by atoms with van der Waals surface area (Å²) in [5.74, 6) is -1.29.